The van der Waals surface area contributed by atoms with Crippen molar-refractivity contribution in [2.24, 2.45) is 11.8 Å². The Morgan fingerprint density at radius 1 is 1.42 bits per heavy atom. The van der Waals surface area contributed by atoms with Crippen molar-refractivity contribution >= 4 is 21.8 Å². The Balaban J connectivity index is 2.07. The second kappa shape index (κ2) is 6.51. The molecule has 1 aromatic heterocycles. The number of halogens is 1. The molecular weight excluding hydrogens is 304 g/mol. The van der Waals surface area contributed by atoms with Crippen molar-refractivity contribution in [3.8, 4) is 0 Å². The normalized spacial score (nSPS) is 23.4. The molecule has 3 nitrogen and oxygen atoms in total. The van der Waals surface area contributed by atoms with E-state index in [9.17, 15) is 4.79 Å². The van der Waals surface area contributed by atoms with Crippen LogP contribution >= 0.6 is 15.9 Å². The summed E-state index contributed by atoms with van der Waals surface area (Å²) in [5, 5.41) is 3.18. The average Bonchev–Trinajstić information content (AvgIpc) is 2.39. The van der Waals surface area contributed by atoms with E-state index < -0.39 is 0 Å². The topological polar surface area (TPSA) is 42.0 Å². The maximum Gasteiger partial charge on any atom is 0.271 e. The van der Waals surface area contributed by atoms with Crippen LogP contribution in [0, 0.1) is 11.8 Å². The maximum absolute atomic E-state index is 12.3. The van der Waals surface area contributed by atoms with Crippen molar-refractivity contribution in [1.29, 1.82) is 0 Å². The Hall–Kier alpha value is -0.900. The number of aromatic nitrogens is 1. The van der Waals surface area contributed by atoms with E-state index >= 15 is 0 Å². The van der Waals surface area contributed by atoms with E-state index in [1.54, 1.807) is 6.20 Å². The summed E-state index contributed by atoms with van der Waals surface area (Å²) in [4.78, 5) is 16.5. The summed E-state index contributed by atoms with van der Waals surface area (Å²) < 4.78 is 0.754. The van der Waals surface area contributed by atoms with Crippen molar-refractivity contribution in [3.63, 3.8) is 0 Å². The Kier molecular flexibility index (Phi) is 4.97. The molecule has 0 radical (unpaired) electrons. The van der Waals surface area contributed by atoms with E-state index in [0.717, 1.165) is 10.9 Å². The fourth-order valence-corrected chi connectivity index (χ4v) is 3.36. The van der Waals surface area contributed by atoms with Gasteiger partial charge in [-0.3, -0.25) is 4.79 Å². The van der Waals surface area contributed by atoms with Crippen molar-refractivity contribution in [2.75, 3.05) is 0 Å². The number of carbonyl (C=O) groups is 1. The number of nitrogens with zero attached hydrogens (tertiary/aromatic N) is 1. The SMILES string of the molecule is CC(C)C1CCCCC1NC(=O)c1ncccc1Br. The zero-order chi connectivity index (χ0) is 13.8. The van der Waals surface area contributed by atoms with Gasteiger partial charge in [0, 0.05) is 16.7 Å². The van der Waals surface area contributed by atoms with Crippen LogP contribution in [0.25, 0.3) is 0 Å². The van der Waals surface area contributed by atoms with Crippen molar-refractivity contribution < 1.29 is 4.79 Å². The quantitative estimate of drug-likeness (QED) is 0.919. The zero-order valence-electron chi connectivity index (χ0n) is 11.5. The minimum Gasteiger partial charge on any atom is -0.348 e. The molecule has 0 aliphatic heterocycles. The predicted octanol–water partition coefficient (Wildman–Crippen LogP) is 3.79. The summed E-state index contributed by atoms with van der Waals surface area (Å²) in [5.41, 5.74) is 0.482. The monoisotopic (exact) mass is 324 g/mol. The number of hydrogen-bond acceptors (Lipinski definition) is 2. The van der Waals surface area contributed by atoms with Crippen molar-refractivity contribution in [2.45, 2.75) is 45.6 Å². The summed E-state index contributed by atoms with van der Waals surface area (Å²) in [6.45, 7) is 4.48. The number of amides is 1. The van der Waals surface area contributed by atoms with Crippen LogP contribution in [0.2, 0.25) is 0 Å². The third-order valence-corrected chi connectivity index (χ3v) is 4.61. The standard InChI is InChI=1S/C15H21BrN2O/c1-10(2)11-6-3-4-8-13(11)18-15(19)14-12(16)7-5-9-17-14/h5,7,9-11,13H,3-4,6,8H2,1-2H3,(H,18,19). The molecular formula is C15H21BrN2O. The van der Waals surface area contributed by atoms with Crippen molar-refractivity contribution in [3.05, 3.63) is 28.5 Å². The number of nitrogens with one attached hydrogen (secondary N) is 1. The van der Waals surface area contributed by atoms with Crippen LogP contribution in [0.5, 0.6) is 0 Å². The molecule has 1 N–H and O–H groups in total. The first-order valence-electron chi connectivity index (χ1n) is 7.01. The minimum atomic E-state index is -0.0648. The summed E-state index contributed by atoms with van der Waals surface area (Å²) in [6, 6.07) is 3.95. The van der Waals surface area contributed by atoms with Gasteiger partial charge in [0.1, 0.15) is 5.69 Å². The molecule has 1 fully saturated rings. The Morgan fingerprint density at radius 2 is 2.16 bits per heavy atom. The molecule has 1 saturated carbocycles. The summed E-state index contributed by atoms with van der Waals surface area (Å²) in [5.74, 6) is 1.13. The summed E-state index contributed by atoms with van der Waals surface area (Å²) in [6.07, 6.45) is 6.44. The fraction of sp³-hybridized carbons (Fsp3) is 0.600. The Bertz CT molecular complexity index is 448. The number of hydrogen-bond donors (Lipinski definition) is 1. The molecule has 1 aromatic rings. The molecule has 1 heterocycles. The second-order valence-electron chi connectivity index (χ2n) is 5.61. The highest BCUT2D eigenvalue weighted by Gasteiger charge is 2.29. The molecule has 2 atom stereocenters. The van der Waals surface area contributed by atoms with Crippen LogP contribution in [-0.2, 0) is 0 Å². The van der Waals surface area contributed by atoms with Gasteiger partial charge in [0.15, 0.2) is 0 Å². The molecule has 1 amide bonds. The van der Waals surface area contributed by atoms with Gasteiger partial charge in [-0.05, 0) is 52.7 Å². The van der Waals surface area contributed by atoms with Gasteiger partial charge in [0.2, 0.25) is 0 Å². The molecule has 0 bridgehead atoms. The van der Waals surface area contributed by atoms with Gasteiger partial charge in [-0.1, -0.05) is 26.7 Å². The van der Waals surface area contributed by atoms with Gasteiger partial charge in [0.25, 0.3) is 5.91 Å². The van der Waals surface area contributed by atoms with Gasteiger partial charge < -0.3 is 5.32 Å². The van der Waals surface area contributed by atoms with Crippen LogP contribution in [0.3, 0.4) is 0 Å². The second-order valence-corrected chi connectivity index (χ2v) is 6.46. The van der Waals surface area contributed by atoms with Crippen LogP contribution in [0.1, 0.15) is 50.0 Å². The van der Waals surface area contributed by atoms with Crippen LogP contribution in [0.4, 0.5) is 0 Å². The smallest absolute Gasteiger partial charge is 0.271 e. The summed E-state index contributed by atoms with van der Waals surface area (Å²) >= 11 is 3.38. The highest BCUT2D eigenvalue weighted by molar-refractivity contribution is 9.10. The van der Waals surface area contributed by atoms with Crippen LogP contribution in [0.15, 0.2) is 22.8 Å². The Morgan fingerprint density at radius 3 is 2.84 bits per heavy atom. The van der Waals surface area contributed by atoms with E-state index in [1.165, 1.54) is 19.3 Å². The lowest BCUT2D eigenvalue weighted by molar-refractivity contribution is 0.0883. The van der Waals surface area contributed by atoms with Gasteiger partial charge in [0.05, 0.1) is 0 Å². The molecule has 2 unspecified atom stereocenters. The average molecular weight is 325 g/mol. The molecule has 2 rings (SSSR count). The predicted molar refractivity (Wildman–Crippen MR) is 80.0 cm³/mol. The van der Waals surface area contributed by atoms with E-state index in [2.05, 4.69) is 40.1 Å². The molecule has 0 saturated heterocycles. The van der Waals surface area contributed by atoms with E-state index in [0.29, 0.717) is 17.5 Å². The van der Waals surface area contributed by atoms with E-state index in [-0.39, 0.29) is 11.9 Å². The van der Waals surface area contributed by atoms with Gasteiger partial charge >= 0.3 is 0 Å². The van der Waals surface area contributed by atoms with Crippen LogP contribution < -0.4 is 5.32 Å². The molecule has 1 aliphatic carbocycles. The zero-order valence-corrected chi connectivity index (χ0v) is 13.1. The minimum absolute atomic E-state index is 0.0648. The lowest BCUT2D eigenvalue weighted by atomic mass is 9.78. The van der Waals surface area contributed by atoms with Crippen LogP contribution in [-0.4, -0.2) is 16.9 Å². The highest BCUT2D eigenvalue weighted by Crippen LogP contribution is 2.30. The van der Waals surface area contributed by atoms with Gasteiger partial charge in [-0.25, -0.2) is 4.98 Å². The molecule has 19 heavy (non-hydrogen) atoms. The van der Waals surface area contributed by atoms with E-state index in [4.69, 9.17) is 0 Å². The number of rotatable bonds is 3. The molecule has 1 aliphatic rings. The first kappa shape index (κ1) is 14.5. The molecule has 0 aromatic carbocycles. The van der Waals surface area contributed by atoms with Crippen molar-refractivity contribution in [1.82, 2.24) is 10.3 Å². The first-order chi connectivity index (χ1) is 9.09. The lowest BCUT2D eigenvalue weighted by Crippen LogP contribution is -2.44. The lowest BCUT2D eigenvalue weighted by Gasteiger charge is -2.34. The summed E-state index contributed by atoms with van der Waals surface area (Å²) in [7, 11) is 0. The third kappa shape index (κ3) is 3.56. The number of pyridine rings is 1. The Labute approximate surface area is 123 Å². The first-order valence-corrected chi connectivity index (χ1v) is 7.80. The third-order valence-electron chi connectivity index (χ3n) is 3.97. The maximum atomic E-state index is 12.3. The largest absolute Gasteiger partial charge is 0.348 e. The van der Waals surface area contributed by atoms with Gasteiger partial charge in [-0.2, -0.15) is 0 Å². The number of carbonyl (C=O) groups excluding carboxylic acids is 1. The highest BCUT2D eigenvalue weighted by atomic mass is 79.9. The van der Waals surface area contributed by atoms with E-state index in [1.807, 2.05) is 12.1 Å². The fourth-order valence-electron chi connectivity index (χ4n) is 2.93. The molecule has 104 valence electrons. The van der Waals surface area contributed by atoms with Gasteiger partial charge in [-0.15, -0.1) is 0 Å². The molecule has 4 heteroatoms. The molecule has 0 spiro atoms.